The summed E-state index contributed by atoms with van der Waals surface area (Å²) in [5, 5.41) is 11.2. The smallest absolute Gasteiger partial charge is 0.150 e. The fourth-order valence-corrected chi connectivity index (χ4v) is 2.38. The maximum atomic E-state index is 10.3. The van der Waals surface area contributed by atoms with Crippen molar-refractivity contribution in [2.75, 3.05) is 7.11 Å². The van der Waals surface area contributed by atoms with E-state index in [-0.39, 0.29) is 0 Å². The van der Waals surface area contributed by atoms with Gasteiger partial charge in [0, 0.05) is 0 Å². The summed E-state index contributed by atoms with van der Waals surface area (Å²) >= 11 is 12.0. The molecule has 0 radical (unpaired) electrons. The quantitative estimate of drug-likeness (QED) is 0.813. The molecule has 0 aliphatic heterocycles. The zero-order valence-corrected chi connectivity index (χ0v) is 13.9. The number of hydrogen-bond donors (Lipinski definition) is 1. The van der Waals surface area contributed by atoms with E-state index in [9.17, 15) is 5.11 Å². The molecule has 3 nitrogen and oxygen atoms in total. The maximum Gasteiger partial charge on any atom is 0.150 e. The van der Waals surface area contributed by atoms with Gasteiger partial charge in [0.25, 0.3) is 0 Å². The lowest BCUT2D eigenvalue weighted by atomic mass is 10.0. The van der Waals surface area contributed by atoms with Gasteiger partial charge in [-0.1, -0.05) is 36.2 Å². The summed E-state index contributed by atoms with van der Waals surface area (Å²) in [7, 11) is 1.61. The van der Waals surface area contributed by atoms with E-state index in [1.54, 1.807) is 49.6 Å². The van der Waals surface area contributed by atoms with Crippen LogP contribution in [0, 0.1) is 0 Å². The fourth-order valence-electron chi connectivity index (χ4n) is 2.07. The predicted molar refractivity (Wildman–Crippen MR) is 89.1 cm³/mol. The Morgan fingerprint density at radius 1 is 1.00 bits per heavy atom. The summed E-state index contributed by atoms with van der Waals surface area (Å²) < 4.78 is 11.1. The summed E-state index contributed by atoms with van der Waals surface area (Å²) in [5.74, 6) is 1.39. The summed E-state index contributed by atoms with van der Waals surface area (Å²) in [4.78, 5) is 0. The molecule has 0 aliphatic rings. The van der Waals surface area contributed by atoms with Gasteiger partial charge in [0.2, 0.25) is 0 Å². The van der Waals surface area contributed by atoms with Crippen molar-refractivity contribution in [3.8, 4) is 11.5 Å². The first kappa shape index (κ1) is 16.9. The van der Waals surface area contributed by atoms with Crippen molar-refractivity contribution in [1.82, 2.24) is 0 Å². The van der Waals surface area contributed by atoms with Crippen LogP contribution in [0.2, 0.25) is 10.0 Å². The Balaban J connectivity index is 2.27. The van der Waals surface area contributed by atoms with E-state index in [1.807, 2.05) is 6.92 Å². The molecule has 5 heteroatoms. The molecule has 1 N–H and O–H groups in total. The van der Waals surface area contributed by atoms with Gasteiger partial charge >= 0.3 is 0 Å². The minimum absolute atomic E-state index is 0.436. The average molecular weight is 341 g/mol. The van der Waals surface area contributed by atoms with Crippen molar-refractivity contribution in [1.29, 1.82) is 0 Å². The lowest BCUT2D eigenvalue weighted by molar-refractivity contribution is 0.0331. The topological polar surface area (TPSA) is 38.7 Å². The van der Waals surface area contributed by atoms with Gasteiger partial charge < -0.3 is 14.6 Å². The van der Waals surface area contributed by atoms with E-state index in [2.05, 4.69) is 0 Å². The van der Waals surface area contributed by atoms with E-state index < -0.39 is 12.2 Å². The highest BCUT2D eigenvalue weighted by Crippen LogP contribution is 2.31. The number of aliphatic hydroxyl groups excluding tert-OH is 1. The van der Waals surface area contributed by atoms with Gasteiger partial charge in [-0.15, -0.1) is 0 Å². The third-order valence-electron chi connectivity index (χ3n) is 3.36. The van der Waals surface area contributed by atoms with Crippen LogP contribution >= 0.6 is 23.2 Å². The van der Waals surface area contributed by atoms with Crippen LogP contribution in [0.4, 0.5) is 0 Å². The summed E-state index contributed by atoms with van der Waals surface area (Å²) in [5.41, 5.74) is 0.777. The molecule has 0 heterocycles. The molecule has 2 aromatic rings. The molecule has 0 bridgehead atoms. The summed E-state index contributed by atoms with van der Waals surface area (Å²) in [6, 6.07) is 12.4. The standard InChI is InChI=1S/C17H18Cl2O3/c1-3-16(20)17(11-4-9-14(18)15(19)10-11)22-13-7-5-12(21-2)6-8-13/h4-10,16-17,20H,3H2,1-2H3. The van der Waals surface area contributed by atoms with E-state index in [0.717, 1.165) is 11.3 Å². The van der Waals surface area contributed by atoms with Crippen LogP contribution in [0.25, 0.3) is 0 Å². The van der Waals surface area contributed by atoms with Gasteiger partial charge in [0.1, 0.15) is 17.6 Å². The molecule has 0 saturated heterocycles. The highest BCUT2D eigenvalue weighted by atomic mass is 35.5. The maximum absolute atomic E-state index is 10.3. The second kappa shape index (κ2) is 7.73. The van der Waals surface area contributed by atoms with Crippen LogP contribution in [0.1, 0.15) is 25.0 Å². The van der Waals surface area contributed by atoms with Crippen molar-refractivity contribution < 1.29 is 14.6 Å². The zero-order valence-electron chi connectivity index (χ0n) is 12.4. The number of methoxy groups -OCH3 is 1. The Morgan fingerprint density at radius 3 is 2.18 bits per heavy atom. The molecule has 2 rings (SSSR count). The van der Waals surface area contributed by atoms with Gasteiger partial charge in [-0.2, -0.15) is 0 Å². The highest BCUT2D eigenvalue weighted by molar-refractivity contribution is 6.42. The monoisotopic (exact) mass is 340 g/mol. The van der Waals surface area contributed by atoms with Gasteiger partial charge in [-0.05, 0) is 48.4 Å². The van der Waals surface area contributed by atoms with E-state index in [4.69, 9.17) is 32.7 Å². The predicted octanol–water partition coefficient (Wildman–Crippen LogP) is 4.89. The molecule has 0 saturated carbocycles. The van der Waals surface area contributed by atoms with E-state index in [0.29, 0.717) is 22.2 Å². The second-order valence-corrected chi connectivity index (χ2v) is 5.68. The van der Waals surface area contributed by atoms with Crippen molar-refractivity contribution >= 4 is 23.2 Å². The Labute approximate surface area is 140 Å². The molecule has 0 aliphatic carbocycles. The molecule has 0 amide bonds. The van der Waals surface area contributed by atoms with Crippen molar-refractivity contribution in [2.24, 2.45) is 0 Å². The number of rotatable bonds is 6. The summed E-state index contributed by atoms with van der Waals surface area (Å²) in [6.45, 7) is 1.90. The molecule has 2 atom stereocenters. The molecular formula is C17H18Cl2O3. The first-order valence-corrected chi connectivity index (χ1v) is 7.74. The lowest BCUT2D eigenvalue weighted by Crippen LogP contribution is -2.23. The number of benzene rings is 2. The molecule has 2 unspecified atom stereocenters. The van der Waals surface area contributed by atoms with Gasteiger partial charge in [-0.25, -0.2) is 0 Å². The summed E-state index contributed by atoms with van der Waals surface area (Å²) in [6.07, 6.45) is -0.617. The number of hydrogen-bond acceptors (Lipinski definition) is 3. The molecule has 0 spiro atoms. The molecule has 0 fully saturated rings. The van der Waals surface area contributed by atoms with Crippen LogP contribution < -0.4 is 9.47 Å². The van der Waals surface area contributed by atoms with Crippen molar-refractivity contribution in [3.05, 3.63) is 58.1 Å². The first-order valence-electron chi connectivity index (χ1n) is 6.99. The Kier molecular flexibility index (Phi) is 5.95. The van der Waals surface area contributed by atoms with Crippen LogP contribution in [0.15, 0.2) is 42.5 Å². The van der Waals surface area contributed by atoms with Crippen LogP contribution in [-0.4, -0.2) is 18.3 Å². The Hall–Kier alpha value is -1.42. The largest absolute Gasteiger partial charge is 0.497 e. The SMILES string of the molecule is CCC(O)C(Oc1ccc(OC)cc1)c1ccc(Cl)c(Cl)c1. The number of aliphatic hydroxyl groups is 1. The third kappa shape index (κ3) is 4.07. The Bertz CT molecular complexity index is 614. The second-order valence-electron chi connectivity index (χ2n) is 4.86. The minimum atomic E-state index is -0.653. The lowest BCUT2D eigenvalue weighted by Gasteiger charge is -2.24. The van der Waals surface area contributed by atoms with Crippen molar-refractivity contribution in [3.63, 3.8) is 0 Å². The normalized spacial score (nSPS) is 13.5. The van der Waals surface area contributed by atoms with E-state index in [1.165, 1.54) is 0 Å². The van der Waals surface area contributed by atoms with Gasteiger partial charge in [0.05, 0.1) is 23.3 Å². The highest BCUT2D eigenvalue weighted by Gasteiger charge is 2.22. The number of ether oxygens (including phenoxy) is 2. The molecule has 118 valence electrons. The van der Waals surface area contributed by atoms with Crippen LogP contribution in [0.5, 0.6) is 11.5 Å². The van der Waals surface area contributed by atoms with E-state index >= 15 is 0 Å². The van der Waals surface area contributed by atoms with Crippen molar-refractivity contribution in [2.45, 2.75) is 25.6 Å². The minimum Gasteiger partial charge on any atom is -0.497 e. The third-order valence-corrected chi connectivity index (χ3v) is 4.10. The molecular weight excluding hydrogens is 323 g/mol. The average Bonchev–Trinajstić information content (AvgIpc) is 2.55. The molecule has 2 aromatic carbocycles. The van der Waals surface area contributed by atoms with Gasteiger partial charge in [-0.3, -0.25) is 0 Å². The first-order chi connectivity index (χ1) is 10.5. The fraction of sp³-hybridized carbons (Fsp3) is 0.294. The van der Waals surface area contributed by atoms with Crippen LogP contribution in [0.3, 0.4) is 0 Å². The Morgan fingerprint density at radius 2 is 1.64 bits per heavy atom. The molecule has 0 aromatic heterocycles. The molecule has 22 heavy (non-hydrogen) atoms. The van der Waals surface area contributed by atoms with Gasteiger partial charge in [0.15, 0.2) is 0 Å². The van der Waals surface area contributed by atoms with Crippen LogP contribution in [-0.2, 0) is 0 Å². The zero-order chi connectivity index (χ0) is 16.1. The number of halogens is 2.